The molecule has 2 aliphatic rings. The number of hydrogen-bond donors (Lipinski definition) is 8. The van der Waals surface area contributed by atoms with Crippen LogP contribution in [0.2, 0.25) is 0 Å². The zero-order chi connectivity index (χ0) is 19.6. The van der Waals surface area contributed by atoms with Crippen LogP contribution in [0.5, 0.6) is 0 Å². The van der Waals surface area contributed by atoms with E-state index < -0.39 is 80.5 Å². The second-order valence-corrected chi connectivity index (χ2v) is 6.30. The zero-order valence-electron chi connectivity index (χ0n) is 14.0. The summed E-state index contributed by atoms with van der Waals surface area (Å²) < 4.78 is 15.7. The first kappa shape index (κ1) is 21.4. The van der Waals surface area contributed by atoms with Crippen molar-refractivity contribution >= 4 is 5.91 Å². The van der Waals surface area contributed by atoms with Gasteiger partial charge < -0.3 is 55.3 Å². The van der Waals surface area contributed by atoms with Crippen LogP contribution in [0, 0.1) is 0 Å². The maximum absolute atomic E-state index is 11.3. The number of nitrogens with one attached hydrogen (secondary N) is 1. The Labute approximate surface area is 148 Å². The molecule has 0 saturated carbocycles. The van der Waals surface area contributed by atoms with Gasteiger partial charge in [0.05, 0.1) is 13.2 Å². The Morgan fingerprint density at radius 2 is 1.54 bits per heavy atom. The Bertz CT molecular complexity index is 480. The Balaban J connectivity index is 2.05. The predicted octanol–water partition coefficient (Wildman–Crippen LogP) is -5.25. The number of aliphatic hydroxyl groups excluding tert-OH is 7. The second-order valence-electron chi connectivity index (χ2n) is 6.30. The van der Waals surface area contributed by atoms with Crippen LogP contribution in [0.25, 0.3) is 0 Å². The molecule has 0 bridgehead atoms. The third-order valence-electron chi connectivity index (χ3n) is 4.36. The molecule has 0 aromatic carbocycles. The predicted molar refractivity (Wildman–Crippen MR) is 80.2 cm³/mol. The molecule has 12 nitrogen and oxygen atoms in total. The number of carbonyl (C=O) groups excluding carboxylic acids is 1. The van der Waals surface area contributed by atoms with Gasteiger partial charge in [-0.3, -0.25) is 4.79 Å². The molecule has 10 atom stereocenters. The molecule has 12 heteroatoms. The number of ether oxygens (including phenoxy) is 3. The zero-order valence-corrected chi connectivity index (χ0v) is 14.0. The van der Waals surface area contributed by atoms with Gasteiger partial charge in [-0.15, -0.1) is 0 Å². The van der Waals surface area contributed by atoms with Crippen molar-refractivity contribution in [2.45, 2.75) is 68.3 Å². The van der Waals surface area contributed by atoms with Gasteiger partial charge in [-0.2, -0.15) is 0 Å². The summed E-state index contributed by atoms with van der Waals surface area (Å²) in [6.45, 7) is 0.0944. The van der Waals surface area contributed by atoms with Gasteiger partial charge in [0.15, 0.2) is 12.6 Å². The lowest BCUT2D eigenvalue weighted by Crippen LogP contribution is -2.65. The van der Waals surface area contributed by atoms with Crippen LogP contribution < -0.4 is 5.32 Å². The molecule has 10 unspecified atom stereocenters. The Kier molecular flexibility index (Phi) is 7.27. The Morgan fingerprint density at radius 3 is 2.12 bits per heavy atom. The van der Waals surface area contributed by atoms with Gasteiger partial charge in [0.25, 0.3) is 0 Å². The number of aliphatic hydroxyl groups is 7. The van der Waals surface area contributed by atoms with Crippen molar-refractivity contribution in [3.63, 3.8) is 0 Å². The molecule has 2 heterocycles. The molecule has 26 heavy (non-hydrogen) atoms. The molecule has 2 fully saturated rings. The van der Waals surface area contributed by atoms with Gasteiger partial charge in [0, 0.05) is 6.92 Å². The van der Waals surface area contributed by atoms with E-state index in [0.717, 1.165) is 0 Å². The van der Waals surface area contributed by atoms with Gasteiger partial charge >= 0.3 is 0 Å². The highest BCUT2D eigenvalue weighted by molar-refractivity contribution is 5.73. The fourth-order valence-electron chi connectivity index (χ4n) is 2.87. The van der Waals surface area contributed by atoms with E-state index in [0.29, 0.717) is 0 Å². The van der Waals surface area contributed by atoms with Crippen LogP contribution in [-0.2, 0) is 19.0 Å². The minimum Gasteiger partial charge on any atom is -0.394 e. The summed E-state index contributed by atoms with van der Waals surface area (Å²) in [4.78, 5) is 11.3. The molecule has 2 aliphatic heterocycles. The minimum atomic E-state index is -1.75. The molecule has 0 aromatic rings. The van der Waals surface area contributed by atoms with Crippen molar-refractivity contribution in [3.8, 4) is 0 Å². The summed E-state index contributed by atoms with van der Waals surface area (Å²) in [6.07, 6.45) is -13.5. The summed E-state index contributed by atoms with van der Waals surface area (Å²) >= 11 is 0. The summed E-state index contributed by atoms with van der Waals surface area (Å²) in [5.41, 5.74) is 0. The summed E-state index contributed by atoms with van der Waals surface area (Å²) in [7, 11) is 0. The first-order chi connectivity index (χ1) is 12.2. The van der Waals surface area contributed by atoms with Crippen LogP contribution in [0.15, 0.2) is 0 Å². The third-order valence-corrected chi connectivity index (χ3v) is 4.36. The third kappa shape index (κ3) is 4.48. The van der Waals surface area contributed by atoms with Crippen molar-refractivity contribution in [1.29, 1.82) is 0 Å². The van der Waals surface area contributed by atoms with Crippen molar-refractivity contribution in [2.75, 3.05) is 13.2 Å². The van der Waals surface area contributed by atoms with E-state index in [1.165, 1.54) is 6.92 Å². The van der Waals surface area contributed by atoms with Gasteiger partial charge in [-0.05, 0) is 0 Å². The van der Waals surface area contributed by atoms with Gasteiger partial charge in [0.1, 0.15) is 48.8 Å². The van der Waals surface area contributed by atoms with E-state index in [4.69, 9.17) is 14.2 Å². The highest BCUT2D eigenvalue weighted by Crippen LogP contribution is 2.25. The highest BCUT2D eigenvalue weighted by Gasteiger charge is 2.47. The second kappa shape index (κ2) is 8.84. The molecule has 0 radical (unpaired) electrons. The molecule has 2 saturated heterocycles. The minimum absolute atomic E-state index is 0.455. The first-order valence-electron chi connectivity index (χ1n) is 8.06. The van der Waals surface area contributed by atoms with Crippen LogP contribution in [-0.4, -0.2) is 116 Å². The lowest BCUT2D eigenvalue weighted by Gasteiger charge is -2.43. The summed E-state index contributed by atoms with van der Waals surface area (Å²) in [6, 6.07) is -1.19. The van der Waals surface area contributed by atoms with E-state index in [-0.39, 0.29) is 0 Å². The fourth-order valence-corrected chi connectivity index (χ4v) is 2.87. The average molecular weight is 383 g/mol. The highest BCUT2D eigenvalue weighted by atomic mass is 16.7. The number of hydrogen-bond acceptors (Lipinski definition) is 11. The van der Waals surface area contributed by atoms with E-state index in [9.17, 15) is 40.5 Å². The maximum Gasteiger partial charge on any atom is 0.217 e. The van der Waals surface area contributed by atoms with E-state index in [2.05, 4.69) is 5.32 Å². The normalized spacial score (nSPS) is 46.8. The van der Waals surface area contributed by atoms with E-state index in [1.807, 2.05) is 0 Å². The van der Waals surface area contributed by atoms with Crippen molar-refractivity contribution < 1.29 is 54.8 Å². The quantitative estimate of drug-likeness (QED) is 0.226. The molecular formula is C14H25NO11. The molecule has 0 spiro atoms. The van der Waals surface area contributed by atoms with Gasteiger partial charge in [-0.25, -0.2) is 0 Å². The smallest absolute Gasteiger partial charge is 0.217 e. The maximum atomic E-state index is 11.3. The molecule has 0 aliphatic carbocycles. The van der Waals surface area contributed by atoms with E-state index >= 15 is 0 Å². The van der Waals surface area contributed by atoms with E-state index in [1.54, 1.807) is 0 Å². The average Bonchev–Trinajstić information content (AvgIpc) is 2.60. The topological polar surface area (TPSA) is 198 Å². The summed E-state index contributed by atoms with van der Waals surface area (Å²) in [5.74, 6) is -0.538. The van der Waals surface area contributed by atoms with Crippen LogP contribution in [0.3, 0.4) is 0 Å². The van der Waals surface area contributed by atoms with Gasteiger partial charge in [-0.1, -0.05) is 0 Å². The molecule has 2 rings (SSSR count). The van der Waals surface area contributed by atoms with Gasteiger partial charge in [0.2, 0.25) is 5.91 Å². The first-order valence-corrected chi connectivity index (χ1v) is 8.06. The molecule has 152 valence electrons. The monoisotopic (exact) mass is 383 g/mol. The fraction of sp³-hybridized carbons (Fsp3) is 0.929. The molecule has 0 aromatic heterocycles. The number of rotatable bonds is 5. The Hall–Kier alpha value is -0.930. The number of carbonyl (C=O) groups is 1. The molecule has 1 amide bonds. The van der Waals surface area contributed by atoms with Crippen molar-refractivity contribution in [1.82, 2.24) is 5.32 Å². The lowest BCUT2D eigenvalue weighted by atomic mass is 9.96. The molecular weight excluding hydrogens is 358 g/mol. The molecule has 8 N–H and O–H groups in total. The SMILES string of the molecule is CC(=O)NC1C(OCC2OC(O)C(O)C(O)C2O)OC(CO)C(O)C1O. The van der Waals surface area contributed by atoms with Crippen molar-refractivity contribution in [3.05, 3.63) is 0 Å². The van der Waals surface area contributed by atoms with Crippen LogP contribution >= 0.6 is 0 Å². The largest absolute Gasteiger partial charge is 0.394 e. The Morgan fingerprint density at radius 1 is 0.923 bits per heavy atom. The van der Waals surface area contributed by atoms with Crippen LogP contribution in [0.4, 0.5) is 0 Å². The number of amides is 1. The standard InChI is InChI=1S/C14H25NO11/c1-4(17)15-7-10(20)8(18)5(2-16)26-14(7)24-3-6-9(19)11(21)12(22)13(23)25-6/h5-14,16,18-23H,2-3H2,1H3,(H,15,17). The lowest BCUT2D eigenvalue weighted by molar-refractivity contribution is -0.311. The van der Waals surface area contributed by atoms with Crippen LogP contribution in [0.1, 0.15) is 6.92 Å². The summed E-state index contributed by atoms with van der Waals surface area (Å²) in [5, 5.41) is 70.1. The van der Waals surface area contributed by atoms with Crippen molar-refractivity contribution in [2.24, 2.45) is 0 Å².